The second kappa shape index (κ2) is 36.1. The van der Waals surface area contributed by atoms with Crippen molar-refractivity contribution in [3.05, 3.63) is 65.7 Å². The Labute approximate surface area is 519 Å². The second-order valence-corrected chi connectivity index (χ2v) is 25.6. The number of alkyl carbamates (subject to hydrolysis) is 1. The van der Waals surface area contributed by atoms with Crippen LogP contribution in [-0.2, 0) is 60.6 Å². The Hall–Kier alpha value is -6.52. The molecule has 490 valence electrons. The van der Waals surface area contributed by atoms with E-state index >= 15 is 0 Å². The number of anilines is 1. The summed E-state index contributed by atoms with van der Waals surface area (Å²) in [5, 5.41) is 14.5. The fourth-order valence-electron chi connectivity index (χ4n) is 11.6. The van der Waals surface area contributed by atoms with Crippen LogP contribution in [0.5, 0.6) is 0 Å². The van der Waals surface area contributed by atoms with Gasteiger partial charge in [0.15, 0.2) is 0 Å². The monoisotopic (exact) mass is 1220 g/mol. The van der Waals surface area contributed by atoms with Crippen LogP contribution >= 0.6 is 0 Å². The lowest BCUT2D eigenvalue weighted by molar-refractivity contribution is -0.149. The van der Waals surface area contributed by atoms with Crippen molar-refractivity contribution in [2.75, 3.05) is 73.6 Å². The number of primary amides is 1. The maximum atomic E-state index is 14.9. The summed E-state index contributed by atoms with van der Waals surface area (Å²) in [4.78, 5) is 116. The number of carbonyl (C=O) groups is 8. The highest BCUT2D eigenvalue weighted by Gasteiger charge is 2.44. The quantitative estimate of drug-likeness (QED) is 0.0338. The van der Waals surface area contributed by atoms with E-state index in [0.717, 1.165) is 16.8 Å². The van der Waals surface area contributed by atoms with Crippen molar-refractivity contribution >= 4 is 53.3 Å². The van der Waals surface area contributed by atoms with E-state index in [9.17, 15) is 38.4 Å². The molecule has 1 saturated heterocycles. The molecular formula is C65H108N10O12. The molecule has 0 radical (unpaired) electrons. The van der Waals surface area contributed by atoms with Gasteiger partial charge >= 0.3 is 18.1 Å². The number of likely N-dealkylation sites (tertiary alicyclic amines) is 1. The smallest absolute Gasteiger partial charge is 0.408 e. The normalized spacial score (nSPS) is 17.0. The first-order valence-corrected chi connectivity index (χ1v) is 31.1. The first-order chi connectivity index (χ1) is 40.9. The van der Waals surface area contributed by atoms with Crippen LogP contribution in [0, 0.1) is 29.6 Å². The predicted molar refractivity (Wildman–Crippen MR) is 338 cm³/mol. The molecule has 0 spiro atoms. The van der Waals surface area contributed by atoms with Gasteiger partial charge in [-0.05, 0) is 107 Å². The number of esters is 1. The molecule has 2 aromatic rings. The molecule has 11 unspecified atom stereocenters. The summed E-state index contributed by atoms with van der Waals surface area (Å²) < 4.78 is 22.6. The number of rotatable bonds is 35. The standard InChI is InChI=1S/C65H108N10O12/c1-19-43(8)56(51(84-16)38-52(76)75-35-24-28-50(75)57(85-17)44(9)58(77)69-49(62(81)86-18)37-46-25-21-20-22-26-46)74(15)61(80)54(41(4)5)70-60(79)55(42(6)7)72(13)36-33-45-29-31-48(32-30-45)73(14)39-47(27-23-34-67-63(66)82)68-59(78)53(40(2)3)71-64(83)87-65(10,11)12/h20-22,25-26,29-32,40-44,47,49-51,53-57H,19,23-24,27-28,33-39H2,1-18H3,(H,68,78)(H,69,77)(H,70,79)(H,71,83)(H3,66,67,82). The van der Waals surface area contributed by atoms with Gasteiger partial charge in [0.25, 0.3) is 0 Å². The summed E-state index contributed by atoms with van der Waals surface area (Å²) >= 11 is 0. The fraction of sp³-hybridized carbons (Fsp3) is 0.692. The van der Waals surface area contributed by atoms with Crippen molar-refractivity contribution in [1.82, 2.24) is 41.3 Å². The van der Waals surface area contributed by atoms with Crippen LogP contribution in [0.25, 0.3) is 0 Å². The number of nitrogens with one attached hydrogen (secondary N) is 5. The van der Waals surface area contributed by atoms with E-state index in [1.165, 1.54) is 14.2 Å². The second-order valence-electron chi connectivity index (χ2n) is 25.6. The molecule has 87 heavy (non-hydrogen) atoms. The Morgan fingerprint density at radius 3 is 1.92 bits per heavy atom. The summed E-state index contributed by atoms with van der Waals surface area (Å²) in [6.45, 7) is 24.2. The lowest BCUT2D eigenvalue weighted by Crippen LogP contribution is -2.60. The third kappa shape index (κ3) is 23.5. The molecule has 3 rings (SSSR count). The van der Waals surface area contributed by atoms with Crippen molar-refractivity contribution in [2.45, 2.75) is 195 Å². The topological polar surface area (TPSA) is 273 Å². The number of amides is 8. The number of likely N-dealkylation sites (N-methyl/N-ethyl adjacent to an activating group) is 3. The van der Waals surface area contributed by atoms with Crippen LogP contribution in [0.15, 0.2) is 54.6 Å². The zero-order valence-corrected chi connectivity index (χ0v) is 55.5. The van der Waals surface area contributed by atoms with Crippen LogP contribution in [0.2, 0.25) is 0 Å². The number of nitrogens with two attached hydrogens (primary N) is 1. The average Bonchev–Trinajstić information content (AvgIpc) is 2.43. The van der Waals surface area contributed by atoms with Gasteiger partial charge < -0.3 is 66.0 Å². The van der Waals surface area contributed by atoms with E-state index in [1.807, 2.05) is 134 Å². The van der Waals surface area contributed by atoms with Gasteiger partial charge in [-0.3, -0.25) is 28.9 Å². The van der Waals surface area contributed by atoms with Crippen LogP contribution in [0.3, 0.4) is 0 Å². The zero-order chi connectivity index (χ0) is 65.5. The van der Waals surface area contributed by atoms with Crippen LogP contribution in [0.4, 0.5) is 15.3 Å². The number of benzene rings is 2. The average molecular weight is 1220 g/mol. The molecule has 1 aliphatic rings. The van der Waals surface area contributed by atoms with Crippen molar-refractivity contribution in [2.24, 2.45) is 35.3 Å². The molecular weight excluding hydrogens is 1110 g/mol. The number of ether oxygens (including phenoxy) is 4. The third-order valence-electron chi connectivity index (χ3n) is 16.6. The summed E-state index contributed by atoms with van der Waals surface area (Å²) in [7, 11) is 9.89. The maximum absolute atomic E-state index is 14.9. The minimum Gasteiger partial charge on any atom is -0.467 e. The van der Waals surface area contributed by atoms with Crippen molar-refractivity contribution in [1.29, 1.82) is 0 Å². The number of carbonyl (C=O) groups excluding carboxylic acids is 8. The van der Waals surface area contributed by atoms with E-state index in [-0.39, 0.29) is 66.2 Å². The van der Waals surface area contributed by atoms with Gasteiger partial charge in [0, 0.05) is 72.6 Å². The molecule has 0 aromatic heterocycles. The number of hydrogen-bond donors (Lipinski definition) is 6. The summed E-state index contributed by atoms with van der Waals surface area (Å²) in [5.74, 6) is -3.60. The molecule has 0 bridgehead atoms. The van der Waals surface area contributed by atoms with E-state index < -0.39 is 84.0 Å². The Morgan fingerprint density at radius 1 is 0.747 bits per heavy atom. The molecule has 1 fully saturated rings. The largest absolute Gasteiger partial charge is 0.467 e. The maximum Gasteiger partial charge on any atom is 0.408 e. The summed E-state index contributed by atoms with van der Waals surface area (Å²) in [5.41, 5.74) is 7.36. The minimum absolute atomic E-state index is 0.0492. The summed E-state index contributed by atoms with van der Waals surface area (Å²) in [6, 6.07) is 12.2. The molecule has 7 N–H and O–H groups in total. The SMILES string of the molecule is CCC(C)C(C(CC(=O)N1CCCC1C(OC)C(C)C(=O)NC(Cc1ccccc1)C(=O)OC)OC)N(C)C(=O)C(NC(=O)C(C(C)C)N(C)CCc1ccc(N(C)CC(CCCNC(N)=O)NC(=O)C(NC(=O)OC(C)(C)C)C(C)C)cc1)C(C)C. The Kier molecular flexibility index (Phi) is 31.0. The molecule has 22 nitrogen and oxygen atoms in total. The fourth-order valence-corrected chi connectivity index (χ4v) is 11.6. The van der Waals surface area contributed by atoms with Gasteiger partial charge in [-0.2, -0.15) is 0 Å². The van der Waals surface area contributed by atoms with Gasteiger partial charge in [-0.1, -0.05) is 111 Å². The summed E-state index contributed by atoms with van der Waals surface area (Å²) in [6.07, 6.45) is 1.73. The first-order valence-electron chi connectivity index (χ1n) is 31.1. The highest BCUT2D eigenvalue weighted by molar-refractivity contribution is 5.91. The van der Waals surface area contributed by atoms with Crippen molar-refractivity contribution in [3.63, 3.8) is 0 Å². The highest BCUT2D eigenvalue weighted by atomic mass is 16.6. The predicted octanol–water partition coefficient (Wildman–Crippen LogP) is 6.07. The molecule has 22 heteroatoms. The van der Waals surface area contributed by atoms with E-state index in [1.54, 1.807) is 51.7 Å². The molecule has 1 aliphatic heterocycles. The van der Waals surface area contributed by atoms with Gasteiger partial charge in [0.05, 0.1) is 49.8 Å². The van der Waals surface area contributed by atoms with E-state index in [4.69, 9.17) is 24.7 Å². The zero-order valence-electron chi connectivity index (χ0n) is 55.5. The van der Waals surface area contributed by atoms with E-state index in [2.05, 4.69) is 26.6 Å². The van der Waals surface area contributed by atoms with Crippen molar-refractivity contribution < 1.29 is 57.3 Å². The van der Waals surface area contributed by atoms with Gasteiger partial charge in [-0.15, -0.1) is 0 Å². The van der Waals surface area contributed by atoms with Crippen molar-refractivity contribution in [3.8, 4) is 0 Å². The number of hydrogen-bond acceptors (Lipinski definition) is 14. The Morgan fingerprint density at radius 2 is 1.38 bits per heavy atom. The lowest BCUT2D eigenvalue weighted by atomic mass is 9.89. The third-order valence-corrected chi connectivity index (χ3v) is 16.6. The molecule has 1 heterocycles. The van der Waals surface area contributed by atoms with Crippen LogP contribution in [0.1, 0.15) is 133 Å². The molecule has 11 atom stereocenters. The Bertz CT molecular complexity index is 2490. The Balaban J connectivity index is 1.73. The number of methoxy groups -OCH3 is 3. The number of nitrogens with zero attached hydrogens (tertiary/aromatic N) is 4. The molecule has 8 amide bonds. The molecule has 2 aromatic carbocycles. The van der Waals surface area contributed by atoms with Gasteiger partial charge in [0.1, 0.15) is 23.7 Å². The van der Waals surface area contributed by atoms with Crippen LogP contribution < -0.4 is 37.2 Å². The lowest BCUT2D eigenvalue weighted by Gasteiger charge is -2.41. The van der Waals surface area contributed by atoms with E-state index in [0.29, 0.717) is 64.7 Å². The van der Waals surface area contributed by atoms with Crippen LogP contribution in [-0.4, -0.2) is 191 Å². The highest BCUT2D eigenvalue weighted by Crippen LogP contribution is 2.30. The van der Waals surface area contributed by atoms with Gasteiger partial charge in [-0.25, -0.2) is 14.4 Å². The van der Waals surface area contributed by atoms with Gasteiger partial charge in [0.2, 0.25) is 29.5 Å². The number of urea groups is 1. The molecule has 0 aliphatic carbocycles. The molecule has 0 saturated carbocycles. The minimum atomic E-state index is -0.927. The first kappa shape index (κ1) is 74.7.